The fraction of sp³-hybridized carbons (Fsp3) is 0. The first kappa shape index (κ1) is 10.7. The van der Waals surface area contributed by atoms with Gasteiger partial charge >= 0.3 is 0 Å². The van der Waals surface area contributed by atoms with Gasteiger partial charge < -0.3 is 5.32 Å². The Labute approximate surface area is 104 Å². The molecule has 3 rings (SSSR count). The third kappa shape index (κ3) is 1.80. The van der Waals surface area contributed by atoms with Crippen LogP contribution in [0.3, 0.4) is 0 Å². The van der Waals surface area contributed by atoms with Gasteiger partial charge in [-0.2, -0.15) is 0 Å². The lowest BCUT2D eigenvalue weighted by molar-refractivity contribution is 0.105. The van der Waals surface area contributed by atoms with Crippen LogP contribution in [0.4, 0.5) is 10.1 Å². The molecule has 0 unspecified atom stereocenters. The van der Waals surface area contributed by atoms with Crippen molar-refractivity contribution in [1.29, 1.82) is 0 Å². The van der Waals surface area contributed by atoms with Gasteiger partial charge in [-0.1, -0.05) is 24.3 Å². The molecule has 1 aliphatic rings. The average Bonchev–Trinajstić information content (AvgIpc) is 2.70. The molecule has 18 heavy (non-hydrogen) atoms. The Morgan fingerprint density at radius 1 is 0.889 bits per heavy atom. The lowest BCUT2D eigenvalue weighted by Gasteiger charge is -2.08. The molecule has 0 amide bonds. The molecule has 0 saturated carbocycles. The Balaban J connectivity index is 1.93. The summed E-state index contributed by atoms with van der Waals surface area (Å²) in [6, 6.07) is 13.5. The summed E-state index contributed by atoms with van der Waals surface area (Å²) in [6.45, 7) is 0. The number of nitrogens with one attached hydrogen (secondary N) is 1. The highest BCUT2D eigenvalue weighted by atomic mass is 19.1. The minimum absolute atomic E-state index is 0.00443. The van der Waals surface area contributed by atoms with Crippen LogP contribution in [0.15, 0.2) is 54.6 Å². The number of benzene rings is 2. The Hall–Kier alpha value is -2.42. The van der Waals surface area contributed by atoms with Crippen molar-refractivity contribution < 1.29 is 9.18 Å². The monoisotopic (exact) mass is 239 g/mol. The van der Waals surface area contributed by atoms with Crippen LogP contribution in [0, 0.1) is 5.82 Å². The Bertz CT molecular complexity index is 644. The van der Waals surface area contributed by atoms with E-state index in [1.54, 1.807) is 24.3 Å². The minimum Gasteiger partial charge on any atom is -0.355 e. The Morgan fingerprint density at radius 3 is 2.28 bits per heavy atom. The molecular formula is C15H10FNO. The number of rotatable bonds is 2. The number of hydrogen-bond donors (Lipinski definition) is 1. The summed E-state index contributed by atoms with van der Waals surface area (Å²) in [5.41, 5.74) is 3.09. The zero-order valence-corrected chi connectivity index (χ0v) is 9.48. The fourth-order valence-electron chi connectivity index (χ4n) is 2.01. The quantitative estimate of drug-likeness (QED) is 0.869. The van der Waals surface area contributed by atoms with E-state index >= 15 is 0 Å². The molecule has 0 spiro atoms. The molecule has 0 fully saturated rings. The van der Waals surface area contributed by atoms with E-state index in [4.69, 9.17) is 0 Å². The lowest BCUT2D eigenvalue weighted by Crippen LogP contribution is -1.97. The van der Waals surface area contributed by atoms with Gasteiger partial charge in [0.05, 0.1) is 5.70 Å². The van der Waals surface area contributed by atoms with Crippen LogP contribution in [0.1, 0.15) is 15.9 Å². The molecule has 1 N–H and O–H groups in total. The van der Waals surface area contributed by atoms with Gasteiger partial charge in [-0.15, -0.1) is 0 Å². The number of allylic oxidation sites excluding steroid dienone is 1. The predicted octanol–water partition coefficient (Wildman–Crippen LogP) is 3.48. The van der Waals surface area contributed by atoms with E-state index in [-0.39, 0.29) is 11.6 Å². The molecule has 0 aromatic heterocycles. The molecule has 2 aromatic rings. The molecule has 0 bridgehead atoms. The van der Waals surface area contributed by atoms with Gasteiger partial charge in [-0.05, 0) is 24.3 Å². The van der Waals surface area contributed by atoms with Gasteiger partial charge in [0.1, 0.15) is 5.82 Å². The second-order valence-corrected chi connectivity index (χ2v) is 4.10. The maximum atomic E-state index is 12.8. The minimum atomic E-state index is -0.280. The van der Waals surface area contributed by atoms with Crippen LogP contribution >= 0.6 is 0 Å². The van der Waals surface area contributed by atoms with Crippen LogP contribution in [-0.2, 0) is 0 Å². The number of carbonyl (C=O) groups is 1. The van der Waals surface area contributed by atoms with Crippen molar-refractivity contribution in [2.24, 2.45) is 0 Å². The van der Waals surface area contributed by atoms with E-state index in [0.717, 1.165) is 16.9 Å². The van der Waals surface area contributed by atoms with Crippen LogP contribution in [0.5, 0.6) is 0 Å². The molecular weight excluding hydrogens is 229 g/mol. The van der Waals surface area contributed by atoms with E-state index < -0.39 is 0 Å². The molecule has 0 radical (unpaired) electrons. The van der Waals surface area contributed by atoms with Crippen molar-refractivity contribution in [3.63, 3.8) is 0 Å². The molecule has 0 aliphatic heterocycles. The second-order valence-electron chi connectivity index (χ2n) is 4.10. The smallest absolute Gasteiger partial charge is 0.188 e. The van der Waals surface area contributed by atoms with E-state index in [9.17, 15) is 9.18 Å². The van der Waals surface area contributed by atoms with Gasteiger partial charge in [-0.3, -0.25) is 4.79 Å². The maximum Gasteiger partial charge on any atom is 0.188 e. The molecule has 3 heteroatoms. The van der Waals surface area contributed by atoms with Gasteiger partial charge in [-0.25, -0.2) is 4.39 Å². The Morgan fingerprint density at radius 2 is 1.56 bits per heavy atom. The number of anilines is 1. The second kappa shape index (κ2) is 4.11. The molecule has 2 aromatic carbocycles. The first-order valence-corrected chi connectivity index (χ1v) is 5.62. The molecule has 0 heterocycles. The largest absolute Gasteiger partial charge is 0.355 e. The summed E-state index contributed by atoms with van der Waals surface area (Å²) in [5.74, 6) is -0.285. The summed E-state index contributed by atoms with van der Waals surface area (Å²) in [5, 5.41) is 3.13. The summed E-state index contributed by atoms with van der Waals surface area (Å²) in [7, 11) is 0. The highest BCUT2D eigenvalue weighted by Gasteiger charge is 2.20. The van der Waals surface area contributed by atoms with E-state index in [1.807, 2.05) is 18.2 Å². The highest BCUT2D eigenvalue weighted by Crippen LogP contribution is 2.28. The number of hydrogen-bond acceptors (Lipinski definition) is 2. The first-order chi connectivity index (χ1) is 8.74. The van der Waals surface area contributed by atoms with Crippen molar-refractivity contribution >= 4 is 17.2 Å². The normalized spacial score (nSPS) is 13.2. The SMILES string of the molecule is O=C1C=C(Nc2ccc(F)cc2)c2ccccc21. The topological polar surface area (TPSA) is 29.1 Å². The molecule has 2 nitrogen and oxygen atoms in total. The number of ketones is 1. The van der Waals surface area contributed by atoms with Crippen molar-refractivity contribution in [1.82, 2.24) is 0 Å². The Kier molecular flexibility index (Phi) is 2.45. The third-order valence-corrected chi connectivity index (χ3v) is 2.88. The standard InChI is InChI=1S/C15H10FNO/c16-10-5-7-11(8-6-10)17-14-9-15(18)13-4-2-1-3-12(13)14/h1-9,17H. The van der Waals surface area contributed by atoms with Crippen LogP contribution in [-0.4, -0.2) is 5.78 Å². The first-order valence-electron chi connectivity index (χ1n) is 5.62. The van der Waals surface area contributed by atoms with E-state index in [0.29, 0.717) is 5.56 Å². The molecule has 1 aliphatic carbocycles. The van der Waals surface area contributed by atoms with Gasteiger partial charge in [0.15, 0.2) is 5.78 Å². The molecule has 0 saturated heterocycles. The van der Waals surface area contributed by atoms with Crippen LogP contribution in [0.2, 0.25) is 0 Å². The number of fused-ring (bicyclic) bond motifs is 1. The summed E-state index contributed by atoms with van der Waals surface area (Å²) in [4.78, 5) is 11.7. The van der Waals surface area contributed by atoms with Crippen molar-refractivity contribution in [3.05, 3.63) is 71.6 Å². The van der Waals surface area contributed by atoms with Crippen molar-refractivity contribution in [2.45, 2.75) is 0 Å². The van der Waals surface area contributed by atoms with E-state index in [2.05, 4.69) is 5.32 Å². The highest BCUT2D eigenvalue weighted by molar-refractivity contribution is 6.17. The molecule has 88 valence electrons. The van der Waals surface area contributed by atoms with Gasteiger partial charge in [0.25, 0.3) is 0 Å². The van der Waals surface area contributed by atoms with Gasteiger partial charge in [0, 0.05) is 22.9 Å². The van der Waals surface area contributed by atoms with Crippen LogP contribution in [0.25, 0.3) is 5.70 Å². The average molecular weight is 239 g/mol. The fourth-order valence-corrected chi connectivity index (χ4v) is 2.01. The van der Waals surface area contributed by atoms with E-state index in [1.165, 1.54) is 12.1 Å². The lowest BCUT2D eigenvalue weighted by atomic mass is 10.1. The van der Waals surface area contributed by atoms with Crippen molar-refractivity contribution in [3.8, 4) is 0 Å². The van der Waals surface area contributed by atoms with Gasteiger partial charge in [0.2, 0.25) is 0 Å². The third-order valence-electron chi connectivity index (χ3n) is 2.88. The maximum absolute atomic E-state index is 12.8. The number of halogens is 1. The summed E-state index contributed by atoms with van der Waals surface area (Å²) in [6.07, 6.45) is 1.56. The summed E-state index contributed by atoms with van der Waals surface area (Å²) >= 11 is 0. The van der Waals surface area contributed by atoms with Crippen molar-refractivity contribution in [2.75, 3.05) is 5.32 Å². The number of carbonyl (C=O) groups excluding carboxylic acids is 1. The molecule has 0 atom stereocenters. The predicted molar refractivity (Wildman–Crippen MR) is 68.8 cm³/mol. The zero-order chi connectivity index (χ0) is 12.5. The zero-order valence-electron chi connectivity index (χ0n) is 9.48. The van der Waals surface area contributed by atoms with Crippen LogP contribution < -0.4 is 5.32 Å². The summed E-state index contributed by atoms with van der Waals surface area (Å²) < 4.78 is 12.8.